The number of benzene rings is 1. The zero-order valence-electron chi connectivity index (χ0n) is 7.65. The van der Waals surface area contributed by atoms with Crippen molar-refractivity contribution < 1.29 is 0 Å². The fraction of sp³-hybridized carbons (Fsp3) is 0.200. The molecule has 0 unspecified atom stereocenters. The van der Waals surface area contributed by atoms with E-state index in [9.17, 15) is 0 Å². The minimum atomic E-state index is 0.741. The van der Waals surface area contributed by atoms with E-state index in [-0.39, 0.29) is 0 Å². The number of para-hydroxylation sites is 1. The van der Waals surface area contributed by atoms with E-state index in [0.29, 0.717) is 0 Å². The molecule has 1 N–H and O–H groups in total. The second-order valence-electron chi connectivity index (χ2n) is 2.91. The topological polar surface area (TPSA) is 12.0 Å². The number of halogens is 3. The van der Waals surface area contributed by atoms with E-state index in [0.717, 1.165) is 26.8 Å². The predicted molar refractivity (Wildman–Crippen MR) is 69.9 cm³/mol. The Kier molecular flexibility index (Phi) is 4.99. The van der Waals surface area contributed by atoms with E-state index in [4.69, 9.17) is 11.6 Å². The van der Waals surface area contributed by atoms with Crippen molar-refractivity contribution in [2.45, 2.75) is 6.92 Å². The zero-order chi connectivity index (χ0) is 10.6. The fourth-order valence-electron chi connectivity index (χ4n) is 0.933. The van der Waals surface area contributed by atoms with Gasteiger partial charge in [-0.05, 0) is 56.5 Å². The second kappa shape index (κ2) is 5.79. The van der Waals surface area contributed by atoms with E-state index in [1.54, 1.807) is 5.54 Å². The highest BCUT2D eigenvalue weighted by Gasteiger charge is 2.02. The molecule has 0 saturated carbocycles. The molecule has 0 aliphatic rings. The molecule has 1 rings (SSSR count). The fourth-order valence-corrected chi connectivity index (χ4v) is 2.29. The minimum Gasteiger partial charge on any atom is -0.379 e. The molecule has 4 heteroatoms. The molecule has 1 aromatic carbocycles. The molecule has 0 aromatic heterocycles. The highest BCUT2D eigenvalue weighted by Crippen LogP contribution is 2.30. The van der Waals surface area contributed by atoms with Crippen LogP contribution >= 0.6 is 43.5 Å². The number of hydrogen-bond acceptors (Lipinski definition) is 1. The van der Waals surface area contributed by atoms with Gasteiger partial charge >= 0.3 is 0 Å². The summed E-state index contributed by atoms with van der Waals surface area (Å²) in [5, 5.41) is 3.29. The van der Waals surface area contributed by atoms with Gasteiger partial charge in [-0.2, -0.15) is 0 Å². The van der Waals surface area contributed by atoms with Gasteiger partial charge in [-0.1, -0.05) is 17.7 Å². The van der Waals surface area contributed by atoms with Gasteiger partial charge in [-0.15, -0.1) is 0 Å². The van der Waals surface area contributed by atoms with Crippen molar-refractivity contribution in [1.82, 2.24) is 0 Å². The van der Waals surface area contributed by atoms with Crippen LogP contribution in [0.1, 0.15) is 6.92 Å². The summed E-state index contributed by atoms with van der Waals surface area (Å²) in [6.07, 6.45) is 0. The van der Waals surface area contributed by atoms with Gasteiger partial charge in [0, 0.05) is 21.0 Å². The average molecular weight is 339 g/mol. The summed E-state index contributed by atoms with van der Waals surface area (Å²) in [6.45, 7) is 2.72. The molecule has 14 heavy (non-hydrogen) atoms. The van der Waals surface area contributed by atoms with Gasteiger partial charge in [0.05, 0.1) is 5.69 Å². The third kappa shape index (κ3) is 3.30. The Bertz CT molecular complexity index is 330. The summed E-state index contributed by atoms with van der Waals surface area (Å²) in [6, 6.07) is 5.96. The normalized spacial score (nSPS) is 11.6. The molecule has 0 saturated heterocycles. The molecule has 0 heterocycles. The Morgan fingerprint density at radius 3 is 2.50 bits per heavy atom. The molecule has 1 nitrogen and oxygen atoms in total. The van der Waals surface area contributed by atoms with Gasteiger partial charge in [0.2, 0.25) is 0 Å². The number of anilines is 1. The first-order chi connectivity index (χ1) is 6.65. The maximum atomic E-state index is 5.57. The third-order valence-corrected chi connectivity index (χ3v) is 3.39. The van der Waals surface area contributed by atoms with Gasteiger partial charge in [0.15, 0.2) is 0 Å². The van der Waals surface area contributed by atoms with Gasteiger partial charge in [-0.3, -0.25) is 0 Å². The van der Waals surface area contributed by atoms with E-state index in [2.05, 4.69) is 37.2 Å². The lowest BCUT2D eigenvalue weighted by atomic mass is 10.3. The maximum absolute atomic E-state index is 5.57. The van der Waals surface area contributed by atoms with Crippen molar-refractivity contribution in [3.8, 4) is 0 Å². The van der Waals surface area contributed by atoms with Gasteiger partial charge < -0.3 is 5.32 Å². The molecule has 76 valence electrons. The lowest BCUT2D eigenvalue weighted by Crippen LogP contribution is -2.03. The summed E-state index contributed by atoms with van der Waals surface area (Å²) in [7, 11) is 0. The van der Waals surface area contributed by atoms with Crippen molar-refractivity contribution in [3.63, 3.8) is 0 Å². The number of hydrogen-bond donors (Lipinski definition) is 1. The smallest absolute Gasteiger partial charge is 0.0631 e. The highest BCUT2D eigenvalue weighted by molar-refractivity contribution is 9.11. The molecule has 0 amide bonds. The molecule has 0 aliphatic carbocycles. The number of nitrogens with one attached hydrogen (secondary N) is 1. The lowest BCUT2D eigenvalue weighted by molar-refractivity contribution is 1.20. The SMILES string of the molecule is C/C(=C/Cl)CNc1c(Br)cccc1Br. The summed E-state index contributed by atoms with van der Waals surface area (Å²) in [5.41, 5.74) is 3.72. The van der Waals surface area contributed by atoms with Crippen molar-refractivity contribution in [1.29, 1.82) is 0 Å². The molecular formula is C10H10Br2ClN. The van der Waals surface area contributed by atoms with Crippen LogP contribution in [0.2, 0.25) is 0 Å². The van der Waals surface area contributed by atoms with Crippen molar-refractivity contribution in [2.24, 2.45) is 0 Å². The van der Waals surface area contributed by atoms with E-state index >= 15 is 0 Å². The lowest BCUT2D eigenvalue weighted by Gasteiger charge is -2.10. The van der Waals surface area contributed by atoms with Crippen molar-refractivity contribution in [3.05, 3.63) is 38.3 Å². The van der Waals surface area contributed by atoms with Crippen molar-refractivity contribution in [2.75, 3.05) is 11.9 Å². The molecule has 0 bridgehead atoms. The van der Waals surface area contributed by atoms with Crippen LogP contribution in [0.5, 0.6) is 0 Å². The molecule has 0 aliphatic heterocycles. The largest absolute Gasteiger partial charge is 0.379 e. The maximum Gasteiger partial charge on any atom is 0.0631 e. The van der Waals surface area contributed by atoms with Crippen LogP contribution in [-0.2, 0) is 0 Å². The van der Waals surface area contributed by atoms with E-state index in [1.165, 1.54) is 0 Å². The zero-order valence-corrected chi connectivity index (χ0v) is 11.6. The Balaban J connectivity index is 2.76. The van der Waals surface area contributed by atoms with Gasteiger partial charge in [-0.25, -0.2) is 0 Å². The Hall–Kier alpha value is 0.01000. The monoisotopic (exact) mass is 337 g/mol. The summed E-state index contributed by atoms with van der Waals surface area (Å²) in [5.74, 6) is 0. The van der Waals surface area contributed by atoms with Crippen molar-refractivity contribution >= 4 is 49.1 Å². The Morgan fingerprint density at radius 2 is 2.00 bits per heavy atom. The van der Waals surface area contributed by atoms with Crippen LogP contribution in [0, 0.1) is 0 Å². The minimum absolute atomic E-state index is 0.741. The van der Waals surface area contributed by atoms with Gasteiger partial charge in [0.1, 0.15) is 0 Å². The van der Waals surface area contributed by atoms with Crippen LogP contribution in [0.15, 0.2) is 38.3 Å². The first-order valence-corrected chi connectivity index (χ1v) is 6.11. The van der Waals surface area contributed by atoms with Crippen LogP contribution in [0.4, 0.5) is 5.69 Å². The van der Waals surface area contributed by atoms with Crippen LogP contribution in [-0.4, -0.2) is 6.54 Å². The Labute approximate surface area is 106 Å². The molecule has 0 spiro atoms. The summed E-state index contributed by atoms with van der Waals surface area (Å²) >= 11 is 12.5. The summed E-state index contributed by atoms with van der Waals surface area (Å²) in [4.78, 5) is 0. The van der Waals surface area contributed by atoms with E-state index in [1.807, 2.05) is 25.1 Å². The number of rotatable bonds is 3. The second-order valence-corrected chi connectivity index (χ2v) is 4.83. The summed E-state index contributed by atoms with van der Waals surface area (Å²) < 4.78 is 2.07. The van der Waals surface area contributed by atoms with Gasteiger partial charge in [0.25, 0.3) is 0 Å². The molecule has 1 aromatic rings. The molecular weight excluding hydrogens is 329 g/mol. The predicted octanol–water partition coefficient (Wildman–Crippen LogP) is 4.77. The molecule has 0 atom stereocenters. The highest BCUT2D eigenvalue weighted by atomic mass is 79.9. The molecule has 0 radical (unpaired) electrons. The Morgan fingerprint density at radius 1 is 1.43 bits per heavy atom. The molecule has 0 fully saturated rings. The van der Waals surface area contributed by atoms with E-state index < -0.39 is 0 Å². The van der Waals surface area contributed by atoms with Crippen LogP contribution < -0.4 is 5.32 Å². The quantitative estimate of drug-likeness (QED) is 0.837. The average Bonchev–Trinajstić information content (AvgIpc) is 2.16. The first kappa shape index (κ1) is 12.1. The van der Waals surface area contributed by atoms with Crippen LogP contribution in [0.3, 0.4) is 0 Å². The first-order valence-electron chi connectivity index (χ1n) is 4.09. The third-order valence-electron chi connectivity index (χ3n) is 1.69. The van der Waals surface area contributed by atoms with Crippen LogP contribution in [0.25, 0.3) is 0 Å². The standard InChI is InChI=1S/C10H10Br2ClN/c1-7(5-13)6-14-10-8(11)3-2-4-9(10)12/h2-5,14H,6H2,1H3/b7-5-.